The summed E-state index contributed by atoms with van der Waals surface area (Å²) in [4.78, 5) is 23.9. The fraction of sp³-hybridized carbons (Fsp3) is 0.222. The number of carbonyl (C=O) groups is 2. The standard InChI is InChI=1S/C18H19FN2O5S/c1-10-4-7-16(11(2)8-10)21-17(22)12(3)26-18(23)14-9-13(27(20,24)25)5-6-15(14)19/h4-9,12H,1-3H3,(H,21,22)(H2,20,24,25)/t12-/m1/s1. The zero-order valence-corrected chi connectivity index (χ0v) is 15.8. The second-order valence-corrected chi connectivity index (χ2v) is 7.60. The van der Waals surface area contributed by atoms with E-state index in [4.69, 9.17) is 9.88 Å². The molecule has 0 fully saturated rings. The first kappa shape index (κ1) is 20.5. The Morgan fingerprint density at radius 3 is 2.41 bits per heavy atom. The van der Waals surface area contributed by atoms with Gasteiger partial charge in [0.2, 0.25) is 10.0 Å². The maximum atomic E-state index is 13.9. The quantitative estimate of drug-likeness (QED) is 0.755. The van der Waals surface area contributed by atoms with Crippen LogP contribution in [0, 0.1) is 19.7 Å². The highest BCUT2D eigenvalue weighted by Gasteiger charge is 2.23. The van der Waals surface area contributed by atoms with Crippen LogP contribution < -0.4 is 10.5 Å². The average Bonchev–Trinajstić information content (AvgIpc) is 2.56. The molecule has 2 rings (SSSR count). The monoisotopic (exact) mass is 394 g/mol. The van der Waals surface area contributed by atoms with Crippen LogP contribution >= 0.6 is 0 Å². The molecule has 2 aromatic carbocycles. The first-order valence-electron chi connectivity index (χ1n) is 7.90. The number of hydrogen-bond acceptors (Lipinski definition) is 5. The second-order valence-electron chi connectivity index (χ2n) is 6.04. The summed E-state index contributed by atoms with van der Waals surface area (Å²) in [5, 5.41) is 7.59. The van der Waals surface area contributed by atoms with Crippen molar-refractivity contribution in [1.29, 1.82) is 0 Å². The summed E-state index contributed by atoms with van der Waals surface area (Å²) in [5.41, 5.74) is 1.77. The van der Waals surface area contributed by atoms with Crippen molar-refractivity contribution in [3.05, 3.63) is 58.9 Å². The predicted molar refractivity (Wildman–Crippen MR) is 97.2 cm³/mol. The lowest BCUT2D eigenvalue weighted by molar-refractivity contribution is -0.123. The molecule has 2 aromatic rings. The van der Waals surface area contributed by atoms with Crippen LogP contribution in [0.25, 0.3) is 0 Å². The fourth-order valence-corrected chi connectivity index (χ4v) is 2.84. The Morgan fingerprint density at radius 2 is 1.81 bits per heavy atom. The predicted octanol–water partition coefficient (Wildman–Crippen LogP) is 2.27. The van der Waals surface area contributed by atoms with Crippen LogP contribution in [-0.2, 0) is 19.6 Å². The SMILES string of the molecule is Cc1ccc(NC(=O)[C@@H](C)OC(=O)c2cc(S(N)(=O)=O)ccc2F)c(C)c1. The molecule has 1 atom stereocenters. The topological polar surface area (TPSA) is 116 Å². The van der Waals surface area contributed by atoms with Crippen LogP contribution in [0.15, 0.2) is 41.3 Å². The van der Waals surface area contributed by atoms with E-state index in [0.29, 0.717) is 5.69 Å². The molecule has 0 unspecified atom stereocenters. The summed E-state index contributed by atoms with van der Waals surface area (Å²) in [6.45, 7) is 5.04. The van der Waals surface area contributed by atoms with Gasteiger partial charge in [-0.3, -0.25) is 4.79 Å². The van der Waals surface area contributed by atoms with Crippen LogP contribution in [0.3, 0.4) is 0 Å². The van der Waals surface area contributed by atoms with Crippen LogP contribution in [0.4, 0.5) is 10.1 Å². The van der Waals surface area contributed by atoms with Crippen molar-refractivity contribution in [2.24, 2.45) is 5.14 Å². The number of aryl methyl sites for hydroxylation is 2. The first-order chi connectivity index (χ1) is 12.5. The summed E-state index contributed by atoms with van der Waals surface area (Å²) >= 11 is 0. The van der Waals surface area contributed by atoms with Gasteiger partial charge in [0.1, 0.15) is 5.82 Å². The van der Waals surface area contributed by atoms with Crippen molar-refractivity contribution in [2.75, 3.05) is 5.32 Å². The number of sulfonamides is 1. The lowest BCUT2D eigenvalue weighted by Crippen LogP contribution is -2.30. The fourth-order valence-electron chi connectivity index (χ4n) is 2.30. The van der Waals surface area contributed by atoms with Gasteiger partial charge in [0.05, 0.1) is 10.5 Å². The maximum absolute atomic E-state index is 13.9. The van der Waals surface area contributed by atoms with Gasteiger partial charge < -0.3 is 10.1 Å². The average molecular weight is 394 g/mol. The molecule has 9 heteroatoms. The van der Waals surface area contributed by atoms with Gasteiger partial charge in [-0.25, -0.2) is 22.7 Å². The molecule has 0 bridgehead atoms. The van der Waals surface area contributed by atoms with E-state index in [1.54, 1.807) is 6.07 Å². The third kappa shape index (κ3) is 5.11. The number of ether oxygens (including phenoxy) is 1. The molecule has 0 aromatic heterocycles. The highest BCUT2D eigenvalue weighted by molar-refractivity contribution is 7.89. The van der Waals surface area contributed by atoms with E-state index in [9.17, 15) is 22.4 Å². The van der Waals surface area contributed by atoms with E-state index in [1.807, 2.05) is 26.0 Å². The molecule has 0 aliphatic heterocycles. The Labute approximate surface area is 156 Å². The van der Waals surface area contributed by atoms with Gasteiger partial charge in [-0.05, 0) is 50.6 Å². The van der Waals surface area contributed by atoms with E-state index in [2.05, 4.69) is 5.32 Å². The zero-order valence-electron chi connectivity index (χ0n) is 14.9. The van der Waals surface area contributed by atoms with Crippen LogP contribution in [-0.4, -0.2) is 26.4 Å². The van der Waals surface area contributed by atoms with Gasteiger partial charge in [0.15, 0.2) is 6.10 Å². The number of benzene rings is 2. The molecule has 0 spiro atoms. The lowest BCUT2D eigenvalue weighted by atomic mass is 10.1. The van der Waals surface area contributed by atoms with Gasteiger partial charge in [-0.1, -0.05) is 17.7 Å². The summed E-state index contributed by atoms with van der Waals surface area (Å²) in [5.74, 6) is -2.78. The van der Waals surface area contributed by atoms with Crippen molar-refractivity contribution in [3.8, 4) is 0 Å². The third-order valence-corrected chi connectivity index (χ3v) is 4.69. The summed E-state index contributed by atoms with van der Waals surface area (Å²) in [6, 6.07) is 7.89. The van der Waals surface area contributed by atoms with E-state index in [-0.39, 0.29) is 0 Å². The number of amides is 1. The molecule has 7 nitrogen and oxygen atoms in total. The highest BCUT2D eigenvalue weighted by atomic mass is 32.2. The molecule has 1 amide bonds. The van der Waals surface area contributed by atoms with E-state index in [1.165, 1.54) is 6.92 Å². The Bertz CT molecular complexity index is 1000. The minimum Gasteiger partial charge on any atom is -0.449 e. The minimum atomic E-state index is -4.12. The molecular formula is C18H19FN2O5S. The van der Waals surface area contributed by atoms with Gasteiger partial charge in [0, 0.05) is 5.69 Å². The van der Waals surface area contributed by atoms with Crippen LogP contribution in [0.1, 0.15) is 28.4 Å². The molecule has 0 radical (unpaired) electrons. The number of primary sulfonamides is 1. The van der Waals surface area contributed by atoms with E-state index >= 15 is 0 Å². The smallest absolute Gasteiger partial charge is 0.341 e. The Kier molecular flexibility index (Phi) is 5.97. The summed E-state index contributed by atoms with van der Waals surface area (Å²) < 4.78 is 41.5. The molecule has 3 N–H and O–H groups in total. The number of nitrogens with one attached hydrogen (secondary N) is 1. The number of carbonyl (C=O) groups excluding carboxylic acids is 2. The first-order valence-corrected chi connectivity index (χ1v) is 9.45. The second kappa shape index (κ2) is 7.85. The largest absolute Gasteiger partial charge is 0.449 e. The van der Waals surface area contributed by atoms with Crippen molar-refractivity contribution >= 4 is 27.6 Å². The molecule has 27 heavy (non-hydrogen) atoms. The van der Waals surface area contributed by atoms with E-state index < -0.39 is 44.3 Å². The summed E-state index contributed by atoms with van der Waals surface area (Å²) in [6.07, 6.45) is -1.24. The third-order valence-electron chi connectivity index (χ3n) is 3.78. The number of esters is 1. The van der Waals surface area contributed by atoms with Gasteiger partial charge >= 0.3 is 5.97 Å². The van der Waals surface area contributed by atoms with Crippen LogP contribution in [0.5, 0.6) is 0 Å². The Balaban J connectivity index is 2.14. The number of hydrogen-bond donors (Lipinski definition) is 2. The Hall–Kier alpha value is -2.78. The maximum Gasteiger partial charge on any atom is 0.341 e. The molecule has 0 saturated heterocycles. The van der Waals surface area contributed by atoms with Crippen molar-refractivity contribution in [2.45, 2.75) is 31.8 Å². The number of anilines is 1. The molecular weight excluding hydrogens is 375 g/mol. The Morgan fingerprint density at radius 1 is 1.15 bits per heavy atom. The van der Waals surface area contributed by atoms with Crippen molar-refractivity contribution in [3.63, 3.8) is 0 Å². The normalized spacial score (nSPS) is 12.3. The molecule has 0 heterocycles. The van der Waals surface area contributed by atoms with Crippen molar-refractivity contribution < 1.29 is 27.1 Å². The molecule has 0 aliphatic carbocycles. The molecule has 0 saturated carbocycles. The van der Waals surface area contributed by atoms with E-state index in [0.717, 1.165) is 29.3 Å². The summed E-state index contributed by atoms with van der Waals surface area (Å²) in [7, 11) is -4.12. The molecule has 0 aliphatic rings. The lowest BCUT2D eigenvalue weighted by Gasteiger charge is -2.15. The highest BCUT2D eigenvalue weighted by Crippen LogP contribution is 2.18. The van der Waals surface area contributed by atoms with Gasteiger partial charge in [-0.2, -0.15) is 0 Å². The number of nitrogens with two attached hydrogens (primary N) is 1. The van der Waals surface area contributed by atoms with Gasteiger partial charge in [0.25, 0.3) is 5.91 Å². The minimum absolute atomic E-state index is 0.441. The molecule has 144 valence electrons. The zero-order chi connectivity index (χ0) is 20.4. The van der Waals surface area contributed by atoms with Gasteiger partial charge in [-0.15, -0.1) is 0 Å². The van der Waals surface area contributed by atoms with Crippen LogP contribution in [0.2, 0.25) is 0 Å². The van der Waals surface area contributed by atoms with Crippen molar-refractivity contribution in [1.82, 2.24) is 0 Å². The number of halogens is 1. The number of rotatable bonds is 5.